The van der Waals surface area contributed by atoms with E-state index in [0.29, 0.717) is 22.7 Å². The van der Waals surface area contributed by atoms with Crippen LogP contribution in [0.25, 0.3) is 6.08 Å². The van der Waals surface area contributed by atoms with Gasteiger partial charge in [-0.2, -0.15) is 0 Å². The van der Waals surface area contributed by atoms with Crippen molar-refractivity contribution >= 4 is 28.8 Å². The molecule has 2 aromatic carbocycles. The van der Waals surface area contributed by atoms with Gasteiger partial charge in [-0.05, 0) is 47.9 Å². The van der Waals surface area contributed by atoms with Crippen LogP contribution in [0.1, 0.15) is 18.1 Å². The second-order valence-corrected chi connectivity index (χ2v) is 7.48. The second kappa shape index (κ2) is 7.40. The molecule has 4 rings (SSSR count). The highest BCUT2D eigenvalue weighted by Crippen LogP contribution is 2.17. The molecule has 28 heavy (non-hydrogen) atoms. The van der Waals surface area contributed by atoms with Crippen molar-refractivity contribution in [2.75, 3.05) is 11.6 Å². The van der Waals surface area contributed by atoms with Crippen LogP contribution in [0.3, 0.4) is 0 Å². The Balaban J connectivity index is 1.64. The third kappa shape index (κ3) is 3.46. The average Bonchev–Trinajstić information content (AvgIpc) is 3.03. The Morgan fingerprint density at radius 2 is 1.89 bits per heavy atom. The number of hydrogen-bond donors (Lipinski definition) is 0. The van der Waals surface area contributed by atoms with E-state index in [4.69, 9.17) is 0 Å². The molecule has 0 radical (unpaired) electrons. The van der Waals surface area contributed by atoms with Crippen LogP contribution in [0, 0.1) is 10.1 Å². The van der Waals surface area contributed by atoms with E-state index in [0.717, 1.165) is 17.7 Å². The van der Waals surface area contributed by atoms with Crippen molar-refractivity contribution < 1.29 is 4.92 Å². The summed E-state index contributed by atoms with van der Waals surface area (Å²) in [6.07, 6.45) is 2.73. The quantitative estimate of drug-likeness (QED) is 0.502. The molecule has 0 fully saturated rings. The normalized spacial score (nSPS) is 13.9. The van der Waals surface area contributed by atoms with Crippen molar-refractivity contribution in [2.45, 2.75) is 20.0 Å². The lowest BCUT2D eigenvalue weighted by Gasteiger charge is -2.25. The Morgan fingerprint density at radius 3 is 2.54 bits per heavy atom. The van der Waals surface area contributed by atoms with E-state index in [1.807, 2.05) is 0 Å². The molecule has 3 aromatic rings. The third-order valence-corrected chi connectivity index (χ3v) is 5.73. The molecule has 2 heterocycles. The molecule has 0 atom stereocenters. The van der Waals surface area contributed by atoms with E-state index in [2.05, 4.69) is 41.1 Å². The Labute approximate surface area is 164 Å². The highest BCUT2D eigenvalue weighted by Gasteiger charge is 2.16. The molecule has 1 aliphatic rings. The monoisotopic (exact) mass is 394 g/mol. The fourth-order valence-corrected chi connectivity index (χ4v) is 4.02. The Hall–Kier alpha value is -3.26. The summed E-state index contributed by atoms with van der Waals surface area (Å²) in [5, 5.41) is 10.8. The molecule has 8 heteroatoms. The lowest BCUT2D eigenvalue weighted by atomic mass is 10.1. The molecular formula is C20H18N4O3S. The summed E-state index contributed by atoms with van der Waals surface area (Å²) in [4.78, 5) is 30.4. The smallest absolute Gasteiger partial charge is 0.271 e. The Kier molecular flexibility index (Phi) is 4.79. The van der Waals surface area contributed by atoms with Crippen LogP contribution >= 0.6 is 11.3 Å². The summed E-state index contributed by atoms with van der Waals surface area (Å²) < 4.78 is 2.23. The lowest BCUT2D eigenvalue weighted by molar-refractivity contribution is -0.384. The van der Waals surface area contributed by atoms with E-state index >= 15 is 0 Å². The van der Waals surface area contributed by atoms with Crippen molar-refractivity contribution in [3.63, 3.8) is 0 Å². The van der Waals surface area contributed by atoms with Gasteiger partial charge >= 0.3 is 0 Å². The summed E-state index contributed by atoms with van der Waals surface area (Å²) in [6, 6.07) is 14.4. The maximum atomic E-state index is 12.8. The zero-order valence-corrected chi connectivity index (χ0v) is 16.1. The second-order valence-electron chi connectivity index (χ2n) is 6.48. The molecule has 0 spiro atoms. The van der Waals surface area contributed by atoms with Crippen LogP contribution < -0.4 is 19.8 Å². The van der Waals surface area contributed by atoms with Crippen molar-refractivity contribution in [2.24, 2.45) is 4.99 Å². The number of fused-ring (bicyclic) bond motifs is 1. The van der Waals surface area contributed by atoms with Crippen LogP contribution in [-0.2, 0) is 13.1 Å². The number of hydrogen-bond acceptors (Lipinski definition) is 6. The van der Waals surface area contributed by atoms with Crippen LogP contribution in [0.2, 0.25) is 0 Å². The first-order chi connectivity index (χ1) is 13.5. The summed E-state index contributed by atoms with van der Waals surface area (Å²) in [7, 11) is 0. The Morgan fingerprint density at radius 1 is 1.18 bits per heavy atom. The van der Waals surface area contributed by atoms with Gasteiger partial charge < -0.3 is 4.90 Å². The van der Waals surface area contributed by atoms with Gasteiger partial charge in [0.25, 0.3) is 11.2 Å². The molecule has 142 valence electrons. The molecule has 1 aliphatic heterocycles. The van der Waals surface area contributed by atoms with Crippen molar-refractivity contribution in [1.82, 2.24) is 4.57 Å². The number of non-ortho nitro benzene ring substituents is 1. The molecule has 0 N–H and O–H groups in total. The Bertz CT molecular complexity index is 1190. The highest BCUT2D eigenvalue weighted by molar-refractivity contribution is 7.07. The van der Waals surface area contributed by atoms with Gasteiger partial charge in [0, 0.05) is 17.8 Å². The maximum absolute atomic E-state index is 12.8. The fourth-order valence-electron chi connectivity index (χ4n) is 3.06. The SMILES string of the molecule is CCc1ccc(N2CN=c3s/c(=C\c4ccc([N+](=O)[O-])cc4)c(=O)n3C2)cc1. The number of benzene rings is 2. The van der Waals surface area contributed by atoms with Crippen LogP contribution in [0.5, 0.6) is 0 Å². The van der Waals surface area contributed by atoms with Gasteiger partial charge in [-0.3, -0.25) is 19.5 Å². The van der Waals surface area contributed by atoms with Gasteiger partial charge in [-0.25, -0.2) is 4.99 Å². The van der Waals surface area contributed by atoms with E-state index in [1.165, 1.54) is 29.0 Å². The van der Waals surface area contributed by atoms with Crippen LogP contribution in [0.15, 0.2) is 58.3 Å². The predicted octanol–water partition coefficient (Wildman–Crippen LogP) is 2.26. The number of thiazole rings is 1. The lowest BCUT2D eigenvalue weighted by Crippen LogP contribution is -2.42. The number of nitro benzene ring substituents is 1. The number of nitro groups is 1. The van der Waals surface area contributed by atoms with Crippen molar-refractivity contribution in [1.29, 1.82) is 0 Å². The van der Waals surface area contributed by atoms with Gasteiger partial charge in [0.05, 0.1) is 9.46 Å². The van der Waals surface area contributed by atoms with E-state index in [-0.39, 0.29) is 11.2 Å². The number of nitrogens with zero attached hydrogens (tertiary/aromatic N) is 4. The summed E-state index contributed by atoms with van der Waals surface area (Å²) >= 11 is 1.34. The molecule has 0 saturated carbocycles. The van der Waals surface area contributed by atoms with Gasteiger partial charge in [-0.1, -0.05) is 30.4 Å². The van der Waals surface area contributed by atoms with Gasteiger partial charge in [0.2, 0.25) is 0 Å². The summed E-state index contributed by atoms with van der Waals surface area (Å²) in [5.41, 5.74) is 2.97. The zero-order valence-electron chi connectivity index (χ0n) is 15.2. The molecule has 0 aliphatic carbocycles. The largest absolute Gasteiger partial charge is 0.334 e. The van der Waals surface area contributed by atoms with Gasteiger partial charge in [0.15, 0.2) is 4.80 Å². The molecule has 0 amide bonds. The minimum atomic E-state index is -0.441. The number of anilines is 1. The molecule has 0 bridgehead atoms. The molecule has 1 aromatic heterocycles. The number of rotatable bonds is 4. The molecular weight excluding hydrogens is 376 g/mol. The van der Waals surface area contributed by atoms with Crippen molar-refractivity contribution in [3.05, 3.63) is 89.5 Å². The van der Waals surface area contributed by atoms with Crippen molar-refractivity contribution in [3.8, 4) is 0 Å². The zero-order chi connectivity index (χ0) is 19.7. The summed E-state index contributed by atoms with van der Waals surface area (Å²) in [5.74, 6) is 0. The molecule has 0 unspecified atom stereocenters. The molecule has 7 nitrogen and oxygen atoms in total. The predicted molar refractivity (Wildman–Crippen MR) is 109 cm³/mol. The fraction of sp³-hybridized carbons (Fsp3) is 0.200. The minimum absolute atomic E-state index is 0.0269. The maximum Gasteiger partial charge on any atom is 0.271 e. The first-order valence-electron chi connectivity index (χ1n) is 8.89. The van der Waals surface area contributed by atoms with Crippen LogP contribution in [0.4, 0.5) is 11.4 Å². The third-order valence-electron chi connectivity index (χ3n) is 4.69. The highest BCUT2D eigenvalue weighted by atomic mass is 32.1. The van der Waals surface area contributed by atoms with E-state index in [1.54, 1.807) is 22.8 Å². The average molecular weight is 394 g/mol. The van der Waals surface area contributed by atoms with E-state index < -0.39 is 4.92 Å². The topological polar surface area (TPSA) is 80.7 Å². The van der Waals surface area contributed by atoms with E-state index in [9.17, 15) is 14.9 Å². The minimum Gasteiger partial charge on any atom is -0.334 e. The summed E-state index contributed by atoms with van der Waals surface area (Å²) in [6.45, 7) is 3.07. The van der Waals surface area contributed by atoms with Gasteiger partial charge in [-0.15, -0.1) is 0 Å². The first kappa shape index (κ1) is 18.1. The number of aromatic nitrogens is 1. The first-order valence-corrected chi connectivity index (χ1v) is 9.71. The van der Waals surface area contributed by atoms with Gasteiger partial charge in [0.1, 0.15) is 13.3 Å². The molecule has 0 saturated heterocycles. The van der Waals surface area contributed by atoms with Crippen LogP contribution in [-0.4, -0.2) is 16.2 Å². The number of aryl methyl sites for hydroxylation is 1. The standard InChI is InChI=1S/C20H18N4O3S/c1-2-14-3-7-16(8-4-14)22-12-21-20-23(13-22)19(25)18(28-20)11-15-5-9-17(10-6-15)24(26)27/h3-11H,2,12-13H2,1H3/b18-11-.